The summed E-state index contributed by atoms with van der Waals surface area (Å²) in [6.07, 6.45) is 1.96. The van der Waals surface area contributed by atoms with Gasteiger partial charge in [0.15, 0.2) is 0 Å². The highest BCUT2D eigenvalue weighted by molar-refractivity contribution is 5.10. The quantitative estimate of drug-likeness (QED) is 0.611. The summed E-state index contributed by atoms with van der Waals surface area (Å²) in [5, 5.41) is 18.7. The van der Waals surface area contributed by atoms with E-state index in [4.69, 9.17) is 0 Å². The van der Waals surface area contributed by atoms with Crippen molar-refractivity contribution in [2.24, 2.45) is 0 Å². The van der Waals surface area contributed by atoms with Gasteiger partial charge in [0.2, 0.25) is 0 Å². The highest BCUT2D eigenvalue weighted by Gasteiger charge is 2.11. The van der Waals surface area contributed by atoms with Crippen LogP contribution in [0.4, 0.5) is 0 Å². The molecule has 0 spiro atoms. The average molecular weight is 158 g/mol. The Hall–Kier alpha value is -0.340. The maximum absolute atomic E-state index is 9.34. The van der Waals surface area contributed by atoms with Crippen molar-refractivity contribution in [3.05, 3.63) is 11.6 Å². The Morgan fingerprint density at radius 2 is 2.00 bits per heavy atom. The molecule has 11 heavy (non-hydrogen) atoms. The molecule has 0 saturated heterocycles. The minimum atomic E-state index is -0.819. The second-order valence-corrected chi connectivity index (χ2v) is 3.47. The van der Waals surface area contributed by atoms with Crippen LogP contribution in [0.15, 0.2) is 11.6 Å². The summed E-state index contributed by atoms with van der Waals surface area (Å²) in [4.78, 5) is 0. The van der Waals surface area contributed by atoms with Crippen LogP contribution in [-0.2, 0) is 0 Å². The summed E-state index contributed by atoms with van der Waals surface area (Å²) in [5.41, 5.74) is 0.0141. The van der Waals surface area contributed by atoms with Crippen LogP contribution < -0.4 is 0 Å². The van der Waals surface area contributed by atoms with E-state index in [1.165, 1.54) is 0 Å². The third-order valence-electron chi connectivity index (χ3n) is 1.49. The van der Waals surface area contributed by atoms with Crippen LogP contribution in [0.1, 0.15) is 34.1 Å². The lowest BCUT2D eigenvalue weighted by atomic mass is 10.0. The molecule has 1 atom stereocenters. The lowest BCUT2D eigenvalue weighted by Crippen LogP contribution is -2.18. The first-order chi connectivity index (χ1) is 4.87. The topological polar surface area (TPSA) is 40.5 Å². The molecule has 0 aromatic heterocycles. The van der Waals surface area contributed by atoms with Crippen molar-refractivity contribution < 1.29 is 10.2 Å². The minimum Gasteiger partial charge on any atom is -0.389 e. The van der Waals surface area contributed by atoms with Gasteiger partial charge in [0.05, 0.1) is 11.7 Å². The second-order valence-electron chi connectivity index (χ2n) is 3.47. The van der Waals surface area contributed by atoms with Crippen molar-refractivity contribution in [3.63, 3.8) is 0 Å². The maximum atomic E-state index is 9.34. The van der Waals surface area contributed by atoms with E-state index in [1.807, 2.05) is 13.8 Å². The van der Waals surface area contributed by atoms with Crippen LogP contribution in [0, 0.1) is 0 Å². The fourth-order valence-corrected chi connectivity index (χ4v) is 0.975. The van der Waals surface area contributed by atoms with Crippen molar-refractivity contribution in [1.29, 1.82) is 0 Å². The first kappa shape index (κ1) is 10.7. The summed E-state index contributed by atoms with van der Waals surface area (Å²) in [6.45, 7) is 7.12. The molecule has 2 nitrogen and oxygen atoms in total. The van der Waals surface area contributed by atoms with Gasteiger partial charge in [-0.2, -0.15) is 0 Å². The van der Waals surface area contributed by atoms with Crippen molar-refractivity contribution in [2.75, 3.05) is 0 Å². The molecule has 0 heterocycles. The SMILES string of the molecule is CCC(O)C(C)=CC(C)(C)O. The molecule has 0 aliphatic rings. The van der Waals surface area contributed by atoms with Crippen LogP contribution in [0.25, 0.3) is 0 Å². The molecular formula is C9H18O2. The van der Waals surface area contributed by atoms with Crippen molar-refractivity contribution in [3.8, 4) is 0 Å². The molecule has 0 aliphatic heterocycles. The van der Waals surface area contributed by atoms with Crippen LogP contribution in [0.5, 0.6) is 0 Å². The second kappa shape index (κ2) is 3.88. The lowest BCUT2D eigenvalue weighted by molar-refractivity contribution is 0.127. The van der Waals surface area contributed by atoms with Gasteiger partial charge in [-0.05, 0) is 32.8 Å². The van der Waals surface area contributed by atoms with E-state index in [2.05, 4.69) is 0 Å². The maximum Gasteiger partial charge on any atom is 0.0775 e. The molecule has 0 fully saturated rings. The zero-order chi connectivity index (χ0) is 9.07. The largest absolute Gasteiger partial charge is 0.389 e. The Labute approximate surface area is 68.6 Å². The smallest absolute Gasteiger partial charge is 0.0775 e. The van der Waals surface area contributed by atoms with Gasteiger partial charge in [0.1, 0.15) is 0 Å². The van der Waals surface area contributed by atoms with E-state index in [9.17, 15) is 10.2 Å². The highest BCUT2D eigenvalue weighted by Crippen LogP contribution is 2.11. The molecule has 0 bridgehead atoms. The van der Waals surface area contributed by atoms with Gasteiger partial charge in [-0.25, -0.2) is 0 Å². The molecule has 1 unspecified atom stereocenters. The molecule has 0 saturated carbocycles. The van der Waals surface area contributed by atoms with Gasteiger partial charge in [-0.3, -0.25) is 0 Å². The molecule has 0 radical (unpaired) electrons. The van der Waals surface area contributed by atoms with Crippen molar-refractivity contribution in [2.45, 2.75) is 45.8 Å². The van der Waals surface area contributed by atoms with E-state index in [0.717, 1.165) is 5.57 Å². The highest BCUT2D eigenvalue weighted by atomic mass is 16.3. The van der Waals surface area contributed by atoms with Crippen LogP contribution in [-0.4, -0.2) is 21.9 Å². The fourth-order valence-electron chi connectivity index (χ4n) is 0.975. The summed E-state index contributed by atoms with van der Waals surface area (Å²) >= 11 is 0. The van der Waals surface area contributed by atoms with Crippen LogP contribution >= 0.6 is 0 Å². The number of aliphatic hydroxyl groups is 2. The predicted octanol–water partition coefficient (Wildman–Crippen LogP) is 1.47. The summed E-state index contributed by atoms with van der Waals surface area (Å²) in [5.74, 6) is 0. The summed E-state index contributed by atoms with van der Waals surface area (Å²) < 4.78 is 0. The lowest BCUT2D eigenvalue weighted by Gasteiger charge is -2.15. The molecule has 0 rings (SSSR count). The first-order valence-electron chi connectivity index (χ1n) is 3.96. The standard InChI is InChI=1S/C9H18O2/c1-5-8(10)7(2)6-9(3,4)11/h6,8,10-11H,5H2,1-4H3. The van der Waals surface area contributed by atoms with Gasteiger partial charge >= 0.3 is 0 Å². The normalized spacial score (nSPS) is 16.7. The van der Waals surface area contributed by atoms with E-state index >= 15 is 0 Å². The van der Waals surface area contributed by atoms with E-state index in [-0.39, 0.29) is 0 Å². The zero-order valence-electron chi connectivity index (χ0n) is 7.76. The van der Waals surface area contributed by atoms with E-state index in [1.54, 1.807) is 19.9 Å². The third kappa shape index (κ3) is 4.99. The number of hydrogen-bond donors (Lipinski definition) is 2. The molecule has 0 aromatic carbocycles. The Morgan fingerprint density at radius 3 is 2.27 bits per heavy atom. The van der Waals surface area contributed by atoms with Crippen LogP contribution in [0.3, 0.4) is 0 Å². The predicted molar refractivity (Wildman–Crippen MR) is 46.4 cm³/mol. The molecule has 2 heteroatoms. The van der Waals surface area contributed by atoms with Gasteiger partial charge in [0, 0.05) is 0 Å². The Kier molecular flexibility index (Phi) is 3.76. The fraction of sp³-hybridized carbons (Fsp3) is 0.778. The zero-order valence-corrected chi connectivity index (χ0v) is 7.76. The Balaban J connectivity index is 4.22. The van der Waals surface area contributed by atoms with Gasteiger partial charge in [-0.1, -0.05) is 13.0 Å². The van der Waals surface area contributed by atoms with Crippen molar-refractivity contribution >= 4 is 0 Å². The summed E-state index contributed by atoms with van der Waals surface area (Å²) in [7, 11) is 0. The number of rotatable bonds is 3. The van der Waals surface area contributed by atoms with Crippen molar-refractivity contribution in [1.82, 2.24) is 0 Å². The minimum absolute atomic E-state index is 0.415. The molecule has 0 amide bonds. The molecule has 2 N–H and O–H groups in total. The van der Waals surface area contributed by atoms with Gasteiger partial charge in [-0.15, -0.1) is 0 Å². The monoisotopic (exact) mass is 158 g/mol. The Morgan fingerprint density at radius 1 is 1.55 bits per heavy atom. The average Bonchev–Trinajstić information content (AvgIpc) is 1.82. The molecule has 0 aliphatic carbocycles. The van der Waals surface area contributed by atoms with Gasteiger partial charge < -0.3 is 10.2 Å². The van der Waals surface area contributed by atoms with Crippen LogP contribution in [0.2, 0.25) is 0 Å². The Bertz CT molecular complexity index is 142. The van der Waals surface area contributed by atoms with Gasteiger partial charge in [0.25, 0.3) is 0 Å². The molecular weight excluding hydrogens is 140 g/mol. The number of aliphatic hydroxyl groups excluding tert-OH is 1. The van der Waals surface area contributed by atoms with E-state index < -0.39 is 11.7 Å². The first-order valence-corrected chi connectivity index (χ1v) is 3.96. The molecule has 66 valence electrons. The third-order valence-corrected chi connectivity index (χ3v) is 1.49. The summed E-state index contributed by atoms with van der Waals surface area (Å²) in [6, 6.07) is 0. The number of hydrogen-bond acceptors (Lipinski definition) is 2. The van der Waals surface area contributed by atoms with E-state index in [0.29, 0.717) is 6.42 Å². The molecule has 0 aromatic rings.